The third kappa shape index (κ3) is 3.09. The van der Waals surface area contributed by atoms with E-state index >= 15 is 4.79 Å². The zero-order valence-corrected chi connectivity index (χ0v) is 23.6. The van der Waals surface area contributed by atoms with Gasteiger partial charge in [0.15, 0.2) is 11.6 Å². The van der Waals surface area contributed by atoms with E-state index in [9.17, 15) is 4.79 Å². The van der Waals surface area contributed by atoms with Crippen LogP contribution >= 0.6 is 0 Å². The third-order valence-electron chi connectivity index (χ3n) is 9.88. The molecular formula is C36H34N2O2. The highest BCUT2D eigenvalue weighted by molar-refractivity contribution is 6.24. The van der Waals surface area contributed by atoms with Gasteiger partial charge in [-0.2, -0.15) is 0 Å². The minimum Gasteiger partial charge on any atom is -0.301 e. The number of rotatable bonds is 2. The van der Waals surface area contributed by atoms with Gasteiger partial charge in [-0.05, 0) is 72.6 Å². The minimum absolute atomic E-state index is 0.0526. The normalized spacial score (nSPS) is 27.6. The summed E-state index contributed by atoms with van der Waals surface area (Å²) in [4.78, 5) is 34.8. The summed E-state index contributed by atoms with van der Waals surface area (Å²) in [5, 5.41) is 2.05. The summed E-state index contributed by atoms with van der Waals surface area (Å²) in [6.07, 6.45) is 2.07. The van der Waals surface area contributed by atoms with Crippen LogP contribution in [0.5, 0.6) is 0 Å². The second-order valence-electron chi connectivity index (χ2n) is 12.0. The fourth-order valence-electron chi connectivity index (χ4n) is 8.27. The Bertz CT molecular complexity index is 1750. The summed E-state index contributed by atoms with van der Waals surface area (Å²) in [7, 11) is 4.14. The Morgan fingerprint density at radius 2 is 1.50 bits per heavy atom. The van der Waals surface area contributed by atoms with Crippen molar-refractivity contribution in [3.63, 3.8) is 0 Å². The van der Waals surface area contributed by atoms with E-state index in [2.05, 4.69) is 98.4 Å². The molecule has 4 aromatic rings. The number of likely N-dealkylation sites (tertiary alicyclic amines) is 2. The lowest BCUT2D eigenvalue weighted by Gasteiger charge is -2.51. The first-order valence-electron chi connectivity index (χ1n) is 14.1. The van der Waals surface area contributed by atoms with Crippen molar-refractivity contribution in [2.45, 2.75) is 25.3 Å². The second kappa shape index (κ2) is 8.82. The van der Waals surface area contributed by atoms with Crippen molar-refractivity contribution in [1.29, 1.82) is 0 Å². The molecule has 0 saturated carbocycles. The summed E-state index contributed by atoms with van der Waals surface area (Å²) >= 11 is 0. The van der Waals surface area contributed by atoms with Gasteiger partial charge in [0, 0.05) is 36.7 Å². The molecule has 7 rings (SSSR count). The van der Waals surface area contributed by atoms with E-state index in [0.717, 1.165) is 49.7 Å². The van der Waals surface area contributed by atoms with E-state index in [1.165, 1.54) is 0 Å². The molecule has 0 N–H and O–H groups in total. The van der Waals surface area contributed by atoms with Crippen LogP contribution in [0.2, 0.25) is 0 Å². The third-order valence-corrected chi connectivity index (χ3v) is 9.88. The summed E-state index contributed by atoms with van der Waals surface area (Å²) in [5.74, 6) is 0.00382. The number of carbonyl (C=O) groups excluding carboxylic acids is 2. The molecule has 3 aliphatic rings. The summed E-state index contributed by atoms with van der Waals surface area (Å²) in [5.41, 5.74) is 4.87. The number of ketones is 2. The van der Waals surface area contributed by atoms with E-state index < -0.39 is 11.0 Å². The minimum atomic E-state index is -1.10. The van der Waals surface area contributed by atoms with E-state index in [1.54, 1.807) is 0 Å². The predicted molar refractivity (Wildman–Crippen MR) is 161 cm³/mol. The molecule has 0 unspecified atom stereocenters. The molecule has 0 amide bonds. The van der Waals surface area contributed by atoms with E-state index in [1.807, 2.05) is 30.3 Å². The molecule has 0 radical (unpaired) electrons. The van der Waals surface area contributed by atoms with E-state index in [-0.39, 0.29) is 17.5 Å². The molecule has 4 nitrogen and oxygen atoms in total. The van der Waals surface area contributed by atoms with Crippen LogP contribution in [0.15, 0.2) is 90.5 Å². The van der Waals surface area contributed by atoms with Crippen LogP contribution < -0.4 is 0 Å². The maximum Gasteiger partial charge on any atom is 0.189 e. The molecule has 4 aromatic carbocycles. The van der Waals surface area contributed by atoms with Gasteiger partial charge in [0.05, 0.1) is 5.41 Å². The van der Waals surface area contributed by atoms with Gasteiger partial charge < -0.3 is 4.90 Å². The molecule has 2 saturated heterocycles. The predicted octanol–water partition coefficient (Wildman–Crippen LogP) is 6.16. The molecule has 4 heteroatoms. The Hall–Kier alpha value is -3.86. The summed E-state index contributed by atoms with van der Waals surface area (Å²) < 4.78 is 0. The Morgan fingerprint density at radius 1 is 0.800 bits per heavy atom. The number of piperidine rings is 1. The molecule has 2 fully saturated rings. The lowest BCUT2D eigenvalue weighted by Crippen LogP contribution is -2.64. The molecule has 0 aromatic heterocycles. The maximum atomic E-state index is 15.4. The van der Waals surface area contributed by atoms with Gasteiger partial charge in [0.1, 0.15) is 5.54 Å². The van der Waals surface area contributed by atoms with Crippen LogP contribution in [0.3, 0.4) is 0 Å². The highest BCUT2D eigenvalue weighted by atomic mass is 16.1. The molecule has 40 heavy (non-hydrogen) atoms. The largest absolute Gasteiger partial charge is 0.301 e. The Kier molecular flexibility index (Phi) is 5.54. The van der Waals surface area contributed by atoms with Gasteiger partial charge >= 0.3 is 0 Å². The average Bonchev–Trinajstić information content (AvgIpc) is 3.35. The molecular weight excluding hydrogens is 492 g/mol. The smallest absolute Gasteiger partial charge is 0.189 e. The van der Waals surface area contributed by atoms with Crippen LogP contribution in [0, 0.1) is 19.3 Å². The maximum absolute atomic E-state index is 15.4. The number of fused-ring (bicyclic) bond motifs is 2. The van der Waals surface area contributed by atoms with Crippen molar-refractivity contribution >= 4 is 28.4 Å². The van der Waals surface area contributed by atoms with Crippen molar-refractivity contribution in [1.82, 2.24) is 9.80 Å². The van der Waals surface area contributed by atoms with Crippen LogP contribution in [0.4, 0.5) is 0 Å². The van der Waals surface area contributed by atoms with Gasteiger partial charge in [0.25, 0.3) is 0 Å². The van der Waals surface area contributed by atoms with Crippen LogP contribution in [0.25, 0.3) is 16.8 Å². The zero-order chi connectivity index (χ0) is 27.8. The number of Topliss-reactive ketones (excluding diaryl/α,β-unsaturated/α-hetero) is 2. The standard InChI is InChI=1S/C36H34N2O2/c1-23-11-5-7-13-26(23)19-27-20-37(3)22-35(33(27)39)31(28-16-8-6-12-24(28)2)21-38(4)36(35)30-18-10-15-25-14-9-17-29(32(25)30)34(36)40/h5-19,31H,20-22H2,1-4H3/b27-19+/t31-,35+,36+/m1/s1. The number of benzene rings is 4. The van der Waals surface area contributed by atoms with Gasteiger partial charge in [-0.25, -0.2) is 0 Å². The highest BCUT2D eigenvalue weighted by Gasteiger charge is 2.74. The molecule has 2 heterocycles. The van der Waals surface area contributed by atoms with Gasteiger partial charge in [-0.15, -0.1) is 0 Å². The number of nitrogens with zero attached hydrogens (tertiary/aromatic N) is 2. The molecule has 1 aliphatic carbocycles. The topological polar surface area (TPSA) is 40.6 Å². The highest BCUT2D eigenvalue weighted by Crippen LogP contribution is 2.65. The van der Waals surface area contributed by atoms with Crippen molar-refractivity contribution in [2.24, 2.45) is 5.41 Å². The van der Waals surface area contributed by atoms with Crippen LogP contribution in [-0.2, 0) is 10.3 Å². The second-order valence-corrected chi connectivity index (χ2v) is 12.0. The van der Waals surface area contributed by atoms with Gasteiger partial charge in [0.2, 0.25) is 0 Å². The van der Waals surface area contributed by atoms with Gasteiger partial charge in [-0.3, -0.25) is 14.5 Å². The molecule has 2 aliphatic heterocycles. The Morgan fingerprint density at radius 3 is 2.25 bits per heavy atom. The molecule has 2 spiro atoms. The number of aryl methyl sites for hydroxylation is 2. The lowest BCUT2D eigenvalue weighted by molar-refractivity contribution is -0.134. The molecule has 3 atom stereocenters. The van der Waals surface area contributed by atoms with Gasteiger partial charge in [-0.1, -0.05) is 84.9 Å². The molecule has 200 valence electrons. The Labute approximate surface area is 235 Å². The fourth-order valence-corrected chi connectivity index (χ4v) is 8.27. The summed E-state index contributed by atoms with van der Waals surface area (Å²) in [6, 6.07) is 28.8. The first-order chi connectivity index (χ1) is 19.3. The number of likely N-dealkylation sites (N-methyl/N-ethyl adjacent to an activating group) is 2. The monoisotopic (exact) mass is 526 g/mol. The number of hydrogen-bond donors (Lipinski definition) is 0. The SMILES string of the molecule is Cc1ccccc1/C=C1\CN(C)C[C@@]2(C1=O)[C@@H](c1ccccc1C)CN(C)[C@@]21C(=O)c2cccc3cccc1c23. The van der Waals surface area contributed by atoms with Crippen molar-refractivity contribution in [3.05, 3.63) is 124 Å². The number of hydrogen-bond acceptors (Lipinski definition) is 4. The van der Waals surface area contributed by atoms with Crippen molar-refractivity contribution in [2.75, 3.05) is 33.7 Å². The van der Waals surface area contributed by atoms with E-state index in [4.69, 9.17) is 0 Å². The zero-order valence-electron chi connectivity index (χ0n) is 23.6. The quantitative estimate of drug-likeness (QED) is 0.293. The fraction of sp³-hybridized carbons (Fsp3) is 0.278. The number of carbonyl (C=O) groups is 2. The summed E-state index contributed by atoms with van der Waals surface area (Å²) in [6.45, 7) is 5.90. The van der Waals surface area contributed by atoms with E-state index in [0.29, 0.717) is 19.6 Å². The van der Waals surface area contributed by atoms with Crippen molar-refractivity contribution in [3.8, 4) is 0 Å². The Balaban J connectivity index is 1.56. The average molecular weight is 527 g/mol. The van der Waals surface area contributed by atoms with Crippen LogP contribution in [-0.4, -0.2) is 55.1 Å². The van der Waals surface area contributed by atoms with Crippen molar-refractivity contribution < 1.29 is 9.59 Å². The lowest BCUT2D eigenvalue weighted by atomic mass is 9.55. The molecule has 0 bridgehead atoms. The first kappa shape index (κ1) is 25.1. The first-order valence-corrected chi connectivity index (χ1v) is 14.1. The van der Waals surface area contributed by atoms with Crippen LogP contribution in [0.1, 0.15) is 44.1 Å².